The fourth-order valence-electron chi connectivity index (χ4n) is 1.54. The predicted molar refractivity (Wildman–Crippen MR) is 85.3 cm³/mol. The first-order valence-electron chi connectivity index (χ1n) is 6.12. The molecule has 0 aliphatic heterocycles. The van der Waals surface area contributed by atoms with E-state index in [1.165, 1.54) is 0 Å². The Morgan fingerprint density at radius 2 is 1.90 bits per heavy atom. The molecule has 0 heterocycles. The van der Waals surface area contributed by atoms with Crippen LogP contribution in [-0.4, -0.2) is 12.6 Å². The van der Waals surface area contributed by atoms with Crippen molar-refractivity contribution in [3.05, 3.63) is 57.5 Å². The van der Waals surface area contributed by atoms with Crippen molar-refractivity contribution in [3.63, 3.8) is 0 Å². The van der Waals surface area contributed by atoms with Crippen molar-refractivity contribution in [2.24, 2.45) is 0 Å². The number of nitrogen functional groups attached to an aromatic ring is 1. The molecule has 0 spiro atoms. The summed E-state index contributed by atoms with van der Waals surface area (Å²) >= 11 is 9.35. The minimum absolute atomic E-state index is 0.107. The number of halogens is 2. The molecule has 0 aliphatic rings. The van der Waals surface area contributed by atoms with Gasteiger partial charge in [-0.3, -0.25) is 0 Å². The molecule has 2 rings (SSSR count). The summed E-state index contributed by atoms with van der Waals surface area (Å²) in [5, 5.41) is 0.539. The molecule has 0 saturated carbocycles. The lowest BCUT2D eigenvalue weighted by Crippen LogP contribution is -2.14. The first kappa shape index (κ1) is 15.7. The van der Waals surface area contributed by atoms with Gasteiger partial charge in [0.05, 0.1) is 0 Å². The highest BCUT2D eigenvalue weighted by molar-refractivity contribution is 9.10. The molecule has 0 radical (unpaired) electrons. The zero-order valence-corrected chi connectivity index (χ0v) is 13.4. The lowest BCUT2D eigenvalue weighted by molar-refractivity contribution is -0.147. The second-order valence-electron chi connectivity index (χ2n) is 4.25. The van der Waals surface area contributed by atoms with Crippen LogP contribution >= 0.6 is 27.5 Å². The Kier molecular flexibility index (Phi) is 5.47. The van der Waals surface area contributed by atoms with Crippen LogP contribution in [0.5, 0.6) is 5.75 Å². The summed E-state index contributed by atoms with van der Waals surface area (Å²) in [6.45, 7) is -0.0614. The third-order valence-electron chi connectivity index (χ3n) is 2.64. The number of rotatable bonds is 5. The highest BCUT2D eigenvalue weighted by atomic mass is 79.9. The summed E-state index contributed by atoms with van der Waals surface area (Å²) in [6.07, 6.45) is 0. The molecule has 2 aromatic rings. The first-order chi connectivity index (χ1) is 10.0. The smallest absolute Gasteiger partial charge is 0.344 e. The maximum Gasteiger partial charge on any atom is 0.344 e. The number of carbonyl (C=O) groups excluding carboxylic acids is 1. The van der Waals surface area contributed by atoms with Crippen LogP contribution in [0, 0.1) is 0 Å². The van der Waals surface area contributed by atoms with E-state index in [-0.39, 0.29) is 13.2 Å². The lowest BCUT2D eigenvalue weighted by atomic mass is 10.2. The molecule has 21 heavy (non-hydrogen) atoms. The van der Waals surface area contributed by atoms with E-state index in [2.05, 4.69) is 15.9 Å². The van der Waals surface area contributed by atoms with E-state index in [9.17, 15) is 4.79 Å². The van der Waals surface area contributed by atoms with Crippen LogP contribution in [0.3, 0.4) is 0 Å². The minimum Gasteiger partial charge on any atom is -0.482 e. The fraction of sp³-hybridized carbons (Fsp3) is 0.133. The fourth-order valence-corrected chi connectivity index (χ4v) is 2.27. The molecular formula is C15H13BrClNO3. The van der Waals surface area contributed by atoms with Gasteiger partial charge in [0.1, 0.15) is 12.4 Å². The number of benzene rings is 2. The van der Waals surface area contributed by atoms with Gasteiger partial charge in [0.15, 0.2) is 6.61 Å². The van der Waals surface area contributed by atoms with Crippen LogP contribution in [0.4, 0.5) is 5.69 Å². The Labute approximate surface area is 135 Å². The molecule has 110 valence electrons. The van der Waals surface area contributed by atoms with Crippen molar-refractivity contribution >= 4 is 39.2 Å². The van der Waals surface area contributed by atoms with Gasteiger partial charge in [-0.05, 0) is 36.4 Å². The van der Waals surface area contributed by atoms with Gasteiger partial charge in [-0.15, -0.1) is 0 Å². The molecule has 0 amide bonds. The summed E-state index contributed by atoms with van der Waals surface area (Å²) < 4.78 is 11.3. The van der Waals surface area contributed by atoms with Crippen molar-refractivity contribution in [1.82, 2.24) is 0 Å². The monoisotopic (exact) mass is 369 g/mol. The van der Waals surface area contributed by atoms with Gasteiger partial charge in [-0.2, -0.15) is 0 Å². The standard InChI is InChI=1S/C15H13BrClNO3/c16-11-2-1-10(14(17)7-11)8-21-15(19)9-20-13-5-3-12(18)4-6-13/h1-7H,8-9,18H2. The Hall–Kier alpha value is -1.72. The third kappa shape index (κ3) is 4.95. The van der Waals surface area contributed by atoms with Crippen LogP contribution in [0.1, 0.15) is 5.56 Å². The quantitative estimate of drug-likeness (QED) is 0.642. The zero-order valence-electron chi connectivity index (χ0n) is 11.0. The van der Waals surface area contributed by atoms with Gasteiger partial charge in [-0.25, -0.2) is 4.79 Å². The molecule has 0 aromatic heterocycles. The van der Waals surface area contributed by atoms with E-state index in [0.29, 0.717) is 16.5 Å². The van der Waals surface area contributed by atoms with Crippen molar-refractivity contribution in [2.45, 2.75) is 6.61 Å². The SMILES string of the molecule is Nc1ccc(OCC(=O)OCc2ccc(Br)cc2Cl)cc1. The second-order valence-corrected chi connectivity index (χ2v) is 5.58. The molecule has 4 nitrogen and oxygen atoms in total. The maximum atomic E-state index is 11.6. The molecule has 0 atom stereocenters. The number of ether oxygens (including phenoxy) is 2. The second kappa shape index (κ2) is 7.33. The van der Waals surface area contributed by atoms with Gasteiger partial charge >= 0.3 is 5.97 Å². The van der Waals surface area contributed by atoms with E-state index in [4.69, 9.17) is 26.8 Å². The van der Waals surface area contributed by atoms with Crippen molar-refractivity contribution < 1.29 is 14.3 Å². The number of hydrogen-bond donors (Lipinski definition) is 1. The molecule has 0 fully saturated rings. The summed E-state index contributed by atoms with van der Waals surface area (Å²) in [5.74, 6) is 0.0913. The molecule has 0 saturated heterocycles. The van der Waals surface area contributed by atoms with Crippen molar-refractivity contribution in [3.8, 4) is 5.75 Å². The molecule has 0 aliphatic carbocycles. The number of nitrogens with two attached hydrogens (primary N) is 1. The van der Waals surface area contributed by atoms with Gasteiger partial charge in [-0.1, -0.05) is 33.6 Å². The van der Waals surface area contributed by atoms with Crippen molar-refractivity contribution in [2.75, 3.05) is 12.3 Å². The molecule has 2 N–H and O–H groups in total. The number of esters is 1. The zero-order chi connectivity index (χ0) is 15.2. The first-order valence-corrected chi connectivity index (χ1v) is 7.29. The van der Waals surface area contributed by atoms with Gasteiger partial charge in [0.25, 0.3) is 0 Å². The average molecular weight is 371 g/mol. The highest BCUT2D eigenvalue weighted by Gasteiger charge is 2.07. The Morgan fingerprint density at radius 3 is 2.57 bits per heavy atom. The Balaban J connectivity index is 1.80. The summed E-state index contributed by atoms with van der Waals surface area (Å²) in [5.41, 5.74) is 6.93. The number of anilines is 1. The van der Waals surface area contributed by atoms with Crippen LogP contribution in [0.25, 0.3) is 0 Å². The summed E-state index contributed by atoms with van der Waals surface area (Å²) in [6, 6.07) is 12.1. The maximum absolute atomic E-state index is 11.6. The van der Waals surface area contributed by atoms with Gasteiger partial charge in [0.2, 0.25) is 0 Å². The van der Waals surface area contributed by atoms with E-state index >= 15 is 0 Å². The molecular weight excluding hydrogens is 358 g/mol. The highest BCUT2D eigenvalue weighted by Crippen LogP contribution is 2.22. The molecule has 0 unspecified atom stereocenters. The van der Waals surface area contributed by atoms with Gasteiger partial charge in [0, 0.05) is 20.7 Å². The van der Waals surface area contributed by atoms with E-state index in [0.717, 1.165) is 10.0 Å². The van der Waals surface area contributed by atoms with Crippen LogP contribution < -0.4 is 10.5 Å². The van der Waals surface area contributed by atoms with Gasteiger partial charge < -0.3 is 15.2 Å². The summed E-state index contributed by atoms with van der Waals surface area (Å²) in [7, 11) is 0. The Morgan fingerprint density at radius 1 is 1.19 bits per heavy atom. The molecule has 0 bridgehead atoms. The van der Waals surface area contributed by atoms with E-state index in [1.807, 2.05) is 6.07 Å². The normalized spacial score (nSPS) is 10.2. The Bertz CT molecular complexity index is 631. The largest absolute Gasteiger partial charge is 0.482 e. The third-order valence-corrected chi connectivity index (χ3v) is 3.49. The molecule has 6 heteroatoms. The van der Waals surface area contributed by atoms with E-state index in [1.54, 1.807) is 36.4 Å². The minimum atomic E-state index is -0.467. The van der Waals surface area contributed by atoms with Crippen LogP contribution in [-0.2, 0) is 16.1 Å². The predicted octanol–water partition coefficient (Wildman–Crippen LogP) is 3.81. The topological polar surface area (TPSA) is 61.5 Å². The van der Waals surface area contributed by atoms with Crippen LogP contribution in [0.2, 0.25) is 5.02 Å². The van der Waals surface area contributed by atoms with Crippen LogP contribution in [0.15, 0.2) is 46.9 Å². The number of hydrogen-bond acceptors (Lipinski definition) is 4. The average Bonchev–Trinajstić information content (AvgIpc) is 2.46. The molecule has 2 aromatic carbocycles. The number of carbonyl (C=O) groups is 1. The lowest BCUT2D eigenvalue weighted by Gasteiger charge is -2.08. The summed E-state index contributed by atoms with van der Waals surface area (Å²) in [4.78, 5) is 11.6. The van der Waals surface area contributed by atoms with Crippen molar-refractivity contribution in [1.29, 1.82) is 0 Å². The van der Waals surface area contributed by atoms with E-state index < -0.39 is 5.97 Å².